The molecule has 7 heteroatoms. The lowest BCUT2D eigenvalue weighted by molar-refractivity contribution is 0.0115. The van der Waals surface area contributed by atoms with Crippen LogP contribution >= 0.6 is 11.6 Å². The van der Waals surface area contributed by atoms with Crippen molar-refractivity contribution in [1.29, 1.82) is 0 Å². The van der Waals surface area contributed by atoms with Gasteiger partial charge in [0.25, 0.3) is 11.8 Å². The van der Waals surface area contributed by atoms with Crippen LogP contribution in [0.2, 0.25) is 5.02 Å². The van der Waals surface area contributed by atoms with E-state index in [2.05, 4.69) is 4.98 Å². The summed E-state index contributed by atoms with van der Waals surface area (Å²) in [5.41, 5.74) is 6.59. The maximum absolute atomic E-state index is 13.8. The lowest BCUT2D eigenvalue weighted by Gasteiger charge is -2.32. The molecule has 4 nitrogen and oxygen atoms in total. The molecule has 1 fully saturated rings. The second kappa shape index (κ2) is 11.1. The fourth-order valence-corrected chi connectivity index (χ4v) is 5.63. The van der Waals surface area contributed by atoms with Crippen molar-refractivity contribution in [2.75, 3.05) is 13.1 Å². The van der Waals surface area contributed by atoms with Gasteiger partial charge in [-0.15, -0.1) is 0 Å². The Labute approximate surface area is 229 Å². The number of nitrogens with zero attached hydrogens (tertiary/aromatic N) is 3. The van der Waals surface area contributed by atoms with Gasteiger partial charge in [-0.3, -0.25) is 14.7 Å². The van der Waals surface area contributed by atoms with E-state index in [4.69, 9.17) is 11.6 Å². The first-order valence-corrected chi connectivity index (χ1v) is 13.5. The molecule has 202 valence electrons. The second-order valence-corrected chi connectivity index (χ2v) is 11.2. The molecule has 0 spiro atoms. The highest BCUT2D eigenvalue weighted by atomic mass is 35.5. The quantitative estimate of drug-likeness (QED) is 0.307. The summed E-state index contributed by atoms with van der Waals surface area (Å²) in [5.74, 6) is -2.68. The predicted molar refractivity (Wildman–Crippen MR) is 151 cm³/mol. The van der Waals surface area contributed by atoms with Crippen molar-refractivity contribution in [2.24, 2.45) is 0 Å². The molecule has 0 aliphatic carbocycles. The first kappa shape index (κ1) is 28.2. The minimum Gasteiger partial charge on any atom is -0.334 e. The molecule has 1 aliphatic heterocycles. The summed E-state index contributed by atoms with van der Waals surface area (Å²) in [7, 11) is 0. The van der Waals surface area contributed by atoms with Gasteiger partial charge in [0.1, 0.15) is 0 Å². The highest BCUT2D eigenvalue weighted by Gasteiger charge is 2.37. The molecule has 0 radical (unpaired) electrons. The van der Waals surface area contributed by atoms with Crippen molar-refractivity contribution in [3.63, 3.8) is 0 Å². The number of likely N-dealkylation sites (tertiary alicyclic amines) is 1. The smallest absolute Gasteiger partial charge is 0.261 e. The van der Waals surface area contributed by atoms with Crippen LogP contribution in [0.15, 0.2) is 48.5 Å². The molecule has 2 heterocycles. The monoisotopic (exact) mass is 539 g/mol. The fraction of sp³-hybridized carbons (Fsp3) is 0.419. The maximum atomic E-state index is 13.8. The third-order valence-corrected chi connectivity index (χ3v) is 7.62. The zero-order valence-electron chi connectivity index (χ0n) is 23.0. The second-order valence-electron chi connectivity index (χ2n) is 10.8. The number of aromatic nitrogens is 1. The van der Waals surface area contributed by atoms with Crippen LogP contribution in [0.25, 0.3) is 22.3 Å². The van der Waals surface area contributed by atoms with Crippen LogP contribution in [0.4, 0.5) is 8.78 Å². The minimum atomic E-state index is -2.58. The van der Waals surface area contributed by atoms with Crippen LogP contribution < -0.4 is 0 Å². The van der Waals surface area contributed by atoms with Gasteiger partial charge in [0.15, 0.2) is 0 Å². The first-order chi connectivity index (χ1) is 17.9. The lowest BCUT2D eigenvalue weighted by Crippen LogP contribution is -2.42. The van der Waals surface area contributed by atoms with Gasteiger partial charge in [-0.1, -0.05) is 60.1 Å². The van der Waals surface area contributed by atoms with Crippen LogP contribution in [0.5, 0.6) is 0 Å². The van der Waals surface area contributed by atoms with Gasteiger partial charge in [-0.05, 0) is 63.8 Å². The maximum Gasteiger partial charge on any atom is 0.261 e. The lowest BCUT2D eigenvalue weighted by atomic mass is 9.94. The summed E-state index contributed by atoms with van der Waals surface area (Å²) in [4.78, 5) is 22.1. The van der Waals surface area contributed by atoms with E-state index in [0.29, 0.717) is 29.4 Å². The van der Waals surface area contributed by atoms with Crippen molar-refractivity contribution in [1.82, 2.24) is 14.8 Å². The number of pyridine rings is 1. The van der Waals surface area contributed by atoms with Gasteiger partial charge in [-0.2, -0.15) is 0 Å². The summed E-state index contributed by atoms with van der Waals surface area (Å²) in [6.07, 6.45) is -0.0705. The van der Waals surface area contributed by atoms with Crippen molar-refractivity contribution >= 4 is 17.5 Å². The summed E-state index contributed by atoms with van der Waals surface area (Å²) in [6.45, 7) is 12.5. The van der Waals surface area contributed by atoms with E-state index in [1.165, 1.54) is 0 Å². The molecule has 4 rings (SSSR count). The van der Waals surface area contributed by atoms with Crippen molar-refractivity contribution in [2.45, 2.75) is 72.5 Å². The summed E-state index contributed by atoms with van der Waals surface area (Å²) in [6, 6.07) is 16.1. The Hall–Kier alpha value is -2.83. The Bertz CT molecular complexity index is 1300. The molecule has 0 N–H and O–H groups in total. The van der Waals surface area contributed by atoms with Gasteiger partial charge >= 0.3 is 0 Å². The standard InChI is InChI=1S/C31H36ClF2N3O/c1-19(2)37(20(3)4)30(38)28-27(21(5)35-22(6)29(28)32)26-13-11-25(12-14-26)24-9-7-23(8-10-24)17-36-16-15-31(33,34)18-36/h7-14,19-20H,15-18H2,1-6H3. The Morgan fingerprint density at radius 3 is 1.97 bits per heavy atom. The zero-order valence-corrected chi connectivity index (χ0v) is 23.7. The molecule has 1 aromatic heterocycles. The first-order valence-electron chi connectivity index (χ1n) is 13.2. The largest absolute Gasteiger partial charge is 0.334 e. The molecular formula is C31H36ClF2N3O. The molecular weight excluding hydrogens is 504 g/mol. The number of aryl methyl sites for hydroxylation is 2. The Kier molecular flexibility index (Phi) is 8.24. The van der Waals surface area contributed by atoms with Gasteiger partial charge in [-0.25, -0.2) is 8.78 Å². The van der Waals surface area contributed by atoms with Gasteiger partial charge in [0.05, 0.1) is 22.8 Å². The van der Waals surface area contributed by atoms with Crippen LogP contribution in [-0.2, 0) is 6.54 Å². The zero-order chi connectivity index (χ0) is 27.8. The molecule has 0 bridgehead atoms. The van der Waals surface area contributed by atoms with E-state index in [1.54, 1.807) is 4.90 Å². The minimum absolute atomic E-state index is 0.0208. The highest BCUT2D eigenvalue weighted by Crippen LogP contribution is 2.36. The van der Waals surface area contributed by atoms with Crippen molar-refractivity contribution in [3.05, 3.63) is 76.1 Å². The summed E-state index contributed by atoms with van der Waals surface area (Å²) < 4.78 is 27.0. The number of alkyl halides is 2. The molecule has 1 aliphatic rings. The number of hydrogen-bond donors (Lipinski definition) is 0. The number of carbonyl (C=O) groups excluding carboxylic acids is 1. The molecule has 0 saturated carbocycles. The number of rotatable bonds is 7. The number of amides is 1. The average Bonchev–Trinajstić information content (AvgIpc) is 3.19. The average molecular weight is 540 g/mol. The molecule has 38 heavy (non-hydrogen) atoms. The molecule has 1 amide bonds. The molecule has 2 aromatic carbocycles. The molecule has 1 saturated heterocycles. The molecule has 0 atom stereocenters. The SMILES string of the molecule is Cc1nc(C)c(-c2ccc(-c3ccc(CN4CCC(F)(F)C4)cc3)cc2)c(C(=O)N(C(C)C)C(C)C)c1Cl. The van der Waals surface area contributed by atoms with Crippen LogP contribution in [-0.4, -0.2) is 51.8 Å². The normalized spacial score (nSPS) is 15.4. The third-order valence-electron chi connectivity index (χ3n) is 7.16. The van der Waals surface area contributed by atoms with Gasteiger partial charge < -0.3 is 4.90 Å². The number of halogens is 3. The van der Waals surface area contributed by atoms with E-state index in [0.717, 1.165) is 33.5 Å². The van der Waals surface area contributed by atoms with E-state index < -0.39 is 5.92 Å². The third kappa shape index (κ3) is 5.92. The summed E-state index contributed by atoms with van der Waals surface area (Å²) >= 11 is 6.73. The number of carbonyl (C=O) groups is 1. The van der Waals surface area contributed by atoms with Gasteiger partial charge in [0, 0.05) is 42.9 Å². The molecule has 0 unspecified atom stereocenters. The Balaban J connectivity index is 1.62. The Morgan fingerprint density at radius 2 is 1.47 bits per heavy atom. The van der Waals surface area contributed by atoms with Crippen LogP contribution in [0.1, 0.15) is 61.4 Å². The van der Waals surface area contributed by atoms with Crippen molar-refractivity contribution in [3.8, 4) is 22.3 Å². The predicted octanol–water partition coefficient (Wildman–Crippen LogP) is 7.79. The van der Waals surface area contributed by atoms with Crippen molar-refractivity contribution < 1.29 is 13.6 Å². The molecule has 3 aromatic rings. The van der Waals surface area contributed by atoms with E-state index in [1.807, 2.05) is 95.0 Å². The topological polar surface area (TPSA) is 36.4 Å². The number of benzene rings is 2. The summed E-state index contributed by atoms with van der Waals surface area (Å²) in [5, 5.41) is 0.386. The Morgan fingerprint density at radius 1 is 0.947 bits per heavy atom. The number of hydrogen-bond acceptors (Lipinski definition) is 3. The van der Waals surface area contributed by atoms with E-state index in [9.17, 15) is 13.6 Å². The van der Waals surface area contributed by atoms with Gasteiger partial charge in [0.2, 0.25) is 0 Å². The van der Waals surface area contributed by atoms with E-state index >= 15 is 0 Å². The van der Waals surface area contributed by atoms with E-state index in [-0.39, 0.29) is 31.0 Å². The van der Waals surface area contributed by atoms with Crippen LogP contribution in [0, 0.1) is 13.8 Å². The highest BCUT2D eigenvalue weighted by molar-refractivity contribution is 6.35. The van der Waals surface area contributed by atoms with Crippen LogP contribution in [0.3, 0.4) is 0 Å². The fourth-order valence-electron chi connectivity index (χ4n) is 5.41.